The molecule has 0 heterocycles. The summed E-state index contributed by atoms with van der Waals surface area (Å²) in [5.41, 5.74) is -0.265. The van der Waals surface area contributed by atoms with Gasteiger partial charge in [-0.15, -0.1) is 0 Å². The van der Waals surface area contributed by atoms with Gasteiger partial charge in [-0.05, 0) is 59.9 Å². The highest BCUT2D eigenvalue weighted by Gasteiger charge is 2.34. The summed E-state index contributed by atoms with van der Waals surface area (Å²) in [5, 5.41) is 0. The SMILES string of the molecule is O=C(Oc1c(F)c(F)c(S(=O)(=O)O)c(F)c1F)c1ccc(Br)c(Br)c1Br. The Labute approximate surface area is 168 Å². The molecule has 2 aromatic rings. The lowest BCUT2D eigenvalue weighted by atomic mass is 10.2. The predicted molar refractivity (Wildman–Crippen MR) is 90.6 cm³/mol. The monoisotopic (exact) mass is 584 g/mol. The molecule has 26 heavy (non-hydrogen) atoms. The molecule has 0 fully saturated rings. The van der Waals surface area contributed by atoms with Gasteiger partial charge in [0.25, 0.3) is 0 Å². The van der Waals surface area contributed by atoms with E-state index in [0.717, 1.165) is 0 Å². The Balaban J connectivity index is 2.58. The maximum absolute atomic E-state index is 13.9. The number of benzene rings is 2. The number of hydrogen-bond donors (Lipinski definition) is 1. The molecule has 13 heteroatoms. The fraction of sp³-hybridized carbons (Fsp3) is 0. The highest BCUT2D eigenvalue weighted by atomic mass is 79.9. The molecule has 0 saturated heterocycles. The lowest BCUT2D eigenvalue weighted by Gasteiger charge is -2.12. The van der Waals surface area contributed by atoms with Gasteiger partial charge in [-0.3, -0.25) is 4.55 Å². The second-order valence-electron chi connectivity index (χ2n) is 4.50. The van der Waals surface area contributed by atoms with Crippen LogP contribution in [0.15, 0.2) is 30.4 Å². The van der Waals surface area contributed by atoms with Crippen molar-refractivity contribution in [2.45, 2.75) is 4.90 Å². The van der Waals surface area contributed by atoms with Crippen LogP contribution in [0.25, 0.3) is 0 Å². The molecule has 0 bridgehead atoms. The number of rotatable bonds is 3. The summed E-state index contributed by atoms with van der Waals surface area (Å²) in [4.78, 5) is 9.84. The molecule has 0 spiro atoms. The van der Waals surface area contributed by atoms with Crippen molar-refractivity contribution in [3.8, 4) is 5.75 Å². The molecule has 1 N–H and O–H groups in total. The number of carbonyl (C=O) groups is 1. The minimum Gasteiger partial charge on any atom is -0.416 e. The van der Waals surface area contributed by atoms with Crippen LogP contribution < -0.4 is 4.74 Å². The molecule has 140 valence electrons. The molecule has 5 nitrogen and oxygen atoms in total. The number of carbonyl (C=O) groups excluding carboxylic acids is 1. The first-order valence-electron chi connectivity index (χ1n) is 6.07. The highest BCUT2D eigenvalue weighted by molar-refractivity contribution is 9.14. The van der Waals surface area contributed by atoms with Crippen molar-refractivity contribution in [1.82, 2.24) is 0 Å². The largest absolute Gasteiger partial charge is 0.416 e. The second kappa shape index (κ2) is 7.54. The number of hydrogen-bond acceptors (Lipinski definition) is 4. The Kier molecular flexibility index (Phi) is 6.17. The summed E-state index contributed by atoms with van der Waals surface area (Å²) in [6.45, 7) is 0. The van der Waals surface area contributed by atoms with Crippen molar-refractivity contribution < 1.29 is 40.1 Å². The van der Waals surface area contributed by atoms with E-state index in [9.17, 15) is 30.8 Å². The molecule has 0 aromatic heterocycles. The van der Waals surface area contributed by atoms with E-state index in [4.69, 9.17) is 4.55 Å². The summed E-state index contributed by atoms with van der Waals surface area (Å²) >= 11 is 9.26. The summed E-state index contributed by atoms with van der Waals surface area (Å²) in [6, 6.07) is 2.55. The average Bonchev–Trinajstić information content (AvgIpc) is 2.53. The smallest absolute Gasteiger partial charge is 0.344 e. The van der Waals surface area contributed by atoms with Crippen LogP contribution in [0.2, 0.25) is 0 Å². The zero-order valence-corrected chi connectivity index (χ0v) is 17.4. The Morgan fingerprint density at radius 1 is 0.923 bits per heavy atom. The Bertz CT molecular complexity index is 1010. The molecular formula is C13H3Br3F4O5S. The third kappa shape index (κ3) is 3.81. The van der Waals surface area contributed by atoms with E-state index < -0.39 is 50.0 Å². The first kappa shape index (κ1) is 21.3. The van der Waals surface area contributed by atoms with Crippen LogP contribution in [0, 0.1) is 23.3 Å². The summed E-state index contributed by atoms with van der Waals surface area (Å²) < 4.78 is 90.9. The average molecular weight is 587 g/mol. The van der Waals surface area contributed by atoms with Gasteiger partial charge in [0.15, 0.2) is 16.5 Å². The fourth-order valence-corrected chi connectivity index (χ4v) is 3.82. The number of ether oxygens (including phenoxy) is 1. The lowest BCUT2D eigenvalue weighted by Crippen LogP contribution is -2.16. The van der Waals surface area contributed by atoms with Crippen molar-refractivity contribution in [2.24, 2.45) is 0 Å². The molecule has 0 amide bonds. The normalized spacial score (nSPS) is 11.5. The van der Waals surface area contributed by atoms with Crippen LogP contribution in [0.4, 0.5) is 17.6 Å². The van der Waals surface area contributed by atoms with Crippen molar-refractivity contribution in [3.05, 3.63) is 54.4 Å². The van der Waals surface area contributed by atoms with Crippen molar-refractivity contribution >= 4 is 63.9 Å². The standard InChI is InChI=1S/C13H3Br3F4O5S/c14-4-2-1-3(5(15)6(4)16)13(21)25-11-7(17)9(19)12(26(22,23)24)10(20)8(11)18/h1-2H,(H,22,23,24). The summed E-state index contributed by atoms with van der Waals surface area (Å²) in [5.74, 6) is -12.7. The zero-order valence-electron chi connectivity index (χ0n) is 11.8. The molecule has 2 rings (SSSR count). The quantitative estimate of drug-likeness (QED) is 0.137. The zero-order chi connectivity index (χ0) is 20.0. The van der Waals surface area contributed by atoms with Crippen LogP contribution in [-0.4, -0.2) is 18.9 Å². The van der Waals surface area contributed by atoms with Gasteiger partial charge >= 0.3 is 16.1 Å². The van der Waals surface area contributed by atoms with Gasteiger partial charge in [0.2, 0.25) is 17.4 Å². The van der Waals surface area contributed by atoms with E-state index in [2.05, 4.69) is 52.5 Å². The minimum atomic E-state index is -5.61. The van der Waals surface area contributed by atoms with Gasteiger partial charge in [-0.1, -0.05) is 0 Å². The lowest BCUT2D eigenvalue weighted by molar-refractivity contribution is 0.0715. The summed E-state index contributed by atoms with van der Waals surface area (Å²) in [6.07, 6.45) is 0. The van der Waals surface area contributed by atoms with Crippen LogP contribution >= 0.6 is 47.8 Å². The van der Waals surface area contributed by atoms with E-state index in [1.54, 1.807) is 0 Å². The molecule has 0 atom stereocenters. The maximum Gasteiger partial charge on any atom is 0.344 e. The third-order valence-electron chi connectivity index (χ3n) is 2.89. The molecule has 0 aliphatic heterocycles. The highest BCUT2D eigenvalue weighted by Crippen LogP contribution is 2.36. The summed E-state index contributed by atoms with van der Waals surface area (Å²) in [7, 11) is -5.61. The topological polar surface area (TPSA) is 80.7 Å². The van der Waals surface area contributed by atoms with E-state index in [1.165, 1.54) is 12.1 Å². The van der Waals surface area contributed by atoms with Gasteiger partial charge in [-0.2, -0.15) is 17.2 Å². The molecule has 2 aromatic carbocycles. The van der Waals surface area contributed by atoms with Gasteiger partial charge in [0.1, 0.15) is 0 Å². The van der Waals surface area contributed by atoms with Crippen LogP contribution in [-0.2, 0) is 10.1 Å². The van der Waals surface area contributed by atoms with E-state index in [0.29, 0.717) is 8.95 Å². The van der Waals surface area contributed by atoms with E-state index in [1.807, 2.05) is 0 Å². The molecule has 0 radical (unpaired) electrons. The molecule has 0 aliphatic carbocycles. The van der Waals surface area contributed by atoms with Crippen LogP contribution in [0.5, 0.6) is 5.75 Å². The van der Waals surface area contributed by atoms with Crippen LogP contribution in [0.1, 0.15) is 10.4 Å². The first-order chi connectivity index (χ1) is 11.9. The fourth-order valence-electron chi connectivity index (χ4n) is 1.74. The molecular weight excluding hydrogens is 584 g/mol. The molecule has 0 saturated carbocycles. The number of esters is 1. The Hall–Kier alpha value is -1.02. The van der Waals surface area contributed by atoms with Crippen molar-refractivity contribution in [3.63, 3.8) is 0 Å². The van der Waals surface area contributed by atoms with Gasteiger partial charge in [0, 0.05) is 13.4 Å². The number of halogens is 7. The minimum absolute atomic E-state index is 0.105. The third-order valence-corrected chi connectivity index (χ3v) is 7.14. The maximum atomic E-state index is 13.9. The van der Waals surface area contributed by atoms with Crippen molar-refractivity contribution in [1.29, 1.82) is 0 Å². The predicted octanol–water partition coefficient (Wildman–Crippen LogP) is 5.00. The van der Waals surface area contributed by atoms with Gasteiger partial charge in [0.05, 0.1) is 5.56 Å². The van der Waals surface area contributed by atoms with Gasteiger partial charge in [-0.25, -0.2) is 13.6 Å². The van der Waals surface area contributed by atoms with E-state index >= 15 is 0 Å². The van der Waals surface area contributed by atoms with E-state index in [-0.39, 0.29) is 10.0 Å². The Morgan fingerprint density at radius 2 is 1.42 bits per heavy atom. The molecule has 0 unspecified atom stereocenters. The second-order valence-corrected chi connectivity index (χ2v) is 8.30. The van der Waals surface area contributed by atoms with Crippen molar-refractivity contribution in [2.75, 3.05) is 0 Å². The van der Waals surface area contributed by atoms with Gasteiger partial charge < -0.3 is 4.74 Å². The Morgan fingerprint density at radius 3 is 1.88 bits per heavy atom. The molecule has 0 aliphatic rings. The first-order valence-corrected chi connectivity index (χ1v) is 9.89. The van der Waals surface area contributed by atoms with Crippen LogP contribution in [0.3, 0.4) is 0 Å².